The van der Waals surface area contributed by atoms with Gasteiger partial charge < -0.3 is 0 Å². The van der Waals surface area contributed by atoms with Crippen molar-refractivity contribution >= 4 is 70.2 Å². The molecule has 0 saturated carbocycles. The van der Waals surface area contributed by atoms with Gasteiger partial charge in [0, 0.05) is 5.56 Å². The molecule has 0 radical (unpaired) electrons. The maximum Gasteiger partial charge on any atom is 0.0809 e. The van der Waals surface area contributed by atoms with Crippen LogP contribution in [0.25, 0.3) is 23.3 Å². The molecule has 0 fully saturated rings. The Bertz CT molecular complexity index is 718. The molecule has 0 N–H and O–H groups in total. The number of hydrogen-bond donors (Lipinski definition) is 0. The van der Waals surface area contributed by atoms with Crippen molar-refractivity contribution in [2.45, 2.75) is 0 Å². The van der Waals surface area contributed by atoms with Gasteiger partial charge in [0.2, 0.25) is 0 Å². The molecule has 2 aromatic rings. The van der Waals surface area contributed by atoms with Crippen LogP contribution in [0.4, 0.5) is 0 Å². The molecule has 0 atom stereocenters. The Labute approximate surface area is 148 Å². The van der Waals surface area contributed by atoms with E-state index in [0.717, 1.165) is 16.7 Å². The van der Waals surface area contributed by atoms with Crippen molar-refractivity contribution in [3.63, 3.8) is 0 Å². The van der Waals surface area contributed by atoms with Gasteiger partial charge in [-0.2, -0.15) is 0 Å². The average molecular weight is 379 g/mol. The predicted molar refractivity (Wildman–Crippen MR) is 97.1 cm³/mol. The van der Waals surface area contributed by atoms with Crippen molar-refractivity contribution in [1.29, 1.82) is 0 Å². The van der Waals surface area contributed by atoms with Crippen LogP contribution in [0.5, 0.6) is 0 Å². The molecule has 0 unspecified atom stereocenters. The molecule has 0 spiro atoms. The molecule has 0 aromatic heterocycles. The van der Waals surface area contributed by atoms with Crippen molar-refractivity contribution in [3.8, 4) is 11.1 Å². The molecule has 0 heterocycles. The second-order valence-corrected chi connectivity index (χ2v) is 6.05. The molecule has 2 aromatic carbocycles. The Kier molecular flexibility index (Phi) is 5.29. The van der Waals surface area contributed by atoms with Crippen LogP contribution < -0.4 is 0 Å². The van der Waals surface area contributed by atoms with Crippen LogP contribution in [0.1, 0.15) is 11.1 Å². The minimum absolute atomic E-state index is 0.136. The van der Waals surface area contributed by atoms with E-state index in [0.29, 0.717) is 5.56 Å². The number of benzene rings is 2. The van der Waals surface area contributed by atoms with E-state index in [-0.39, 0.29) is 25.1 Å². The maximum absolute atomic E-state index is 6.32. The third-order valence-corrected chi connectivity index (χ3v) is 5.32. The lowest BCUT2D eigenvalue weighted by Gasteiger charge is -2.16. The molecule has 0 bridgehead atoms. The summed E-state index contributed by atoms with van der Waals surface area (Å²) in [6.45, 7) is 7.60. The first-order chi connectivity index (χ1) is 9.93. The molecular formula is C16H9Cl5. The predicted octanol–water partition coefficient (Wildman–Crippen LogP) is 7.91. The van der Waals surface area contributed by atoms with Crippen LogP contribution in [0, 0.1) is 0 Å². The Morgan fingerprint density at radius 3 is 1.71 bits per heavy atom. The van der Waals surface area contributed by atoms with Crippen LogP contribution in [-0.2, 0) is 0 Å². The summed E-state index contributed by atoms with van der Waals surface area (Å²) in [6, 6.07) is 5.63. The quantitative estimate of drug-likeness (QED) is 0.376. The Morgan fingerprint density at radius 1 is 0.714 bits per heavy atom. The summed E-state index contributed by atoms with van der Waals surface area (Å²) >= 11 is 30.9. The first kappa shape index (κ1) is 16.7. The van der Waals surface area contributed by atoms with E-state index >= 15 is 0 Å². The van der Waals surface area contributed by atoms with Crippen molar-refractivity contribution in [3.05, 3.63) is 67.6 Å². The Hall–Kier alpha value is -0.630. The van der Waals surface area contributed by atoms with Crippen molar-refractivity contribution in [1.82, 2.24) is 0 Å². The van der Waals surface area contributed by atoms with Crippen LogP contribution in [0.2, 0.25) is 25.1 Å². The van der Waals surface area contributed by atoms with E-state index in [2.05, 4.69) is 13.2 Å². The highest BCUT2D eigenvalue weighted by atomic mass is 35.5. The van der Waals surface area contributed by atoms with Crippen LogP contribution in [0.3, 0.4) is 0 Å². The van der Waals surface area contributed by atoms with Gasteiger partial charge >= 0.3 is 0 Å². The third-order valence-electron chi connectivity index (χ3n) is 3.04. The third kappa shape index (κ3) is 2.84. The minimum atomic E-state index is 0.136. The summed E-state index contributed by atoms with van der Waals surface area (Å²) in [6.07, 6.45) is 3.43. The van der Waals surface area contributed by atoms with E-state index in [1.807, 2.05) is 18.2 Å². The van der Waals surface area contributed by atoms with Crippen LogP contribution in [-0.4, -0.2) is 0 Å². The zero-order valence-corrected chi connectivity index (χ0v) is 14.5. The minimum Gasteiger partial charge on any atom is -0.0984 e. The summed E-state index contributed by atoms with van der Waals surface area (Å²) in [5.41, 5.74) is 3.02. The first-order valence-corrected chi connectivity index (χ1v) is 7.72. The van der Waals surface area contributed by atoms with E-state index in [9.17, 15) is 0 Å². The van der Waals surface area contributed by atoms with E-state index < -0.39 is 0 Å². The SMILES string of the molecule is C=Cc1cccc(-c2c(Cl)c(Cl)c(Cl)c(Cl)c2Cl)c1C=C. The van der Waals surface area contributed by atoms with Gasteiger partial charge in [0.25, 0.3) is 0 Å². The average Bonchev–Trinajstić information content (AvgIpc) is 2.50. The monoisotopic (exact) mass is 376 g/mol. The second kappa shape index (κ2) is 6.64. The van der Waals surface area contributed by atoms with E-state index in [1.165, 1.54) is 0 Å². The van der Waals surface area contributed by atoms with Gasteiger partial charge in [-0.1, -0.05) is 102 Å². The summed E-state index contributed by atoms with van der Waals surface area (Å²) in [5.74, 6) is 0. The number of hydrogen-bond acceptors (Lipinski definition) is 0. The van der Waals surface area contributed by atoms with Gasteiger partial charge in [-0.25, -0.2) is 0 Å². The summed E-state index contributed by atoms with van der Waals surface area (Å²) in [5, 5.41) is 0.973. The maximum atomic E-state index is 6.32. The fourth-order valence-corrected chi connectivity index (χ4v) is 3.39. The molecule has 0 nitrogen and oxygen atoms in total. The zero-order valence-electron chi connectivity index (χ0n) is 10.7. The highest BCUT2D eigenvalue weighted by molar-refractivity contribution is 6.56. The van der Waals surface area contributed by atoms with Gasteiger partial charge in [-0.3, -0.25) is 0 Å². The molecule has 21 heavy (non-hydrogen) atoms. The molecule has 0 aliphatic rings. The summed E-state index contributed by atoms with van der Waals surface area (Å²) < 4.78 is 0. The van der Waals surface area contributed by atoms with Crippen molar-refractivity contribution in [2.24, 2.45) is 0 Å². The van der Waals surface area contributed by atoms with E-state index in [1.54, 1.807) is 12.2 Å². The molecule has 0 aliphatic carbocycles. The lowest BCUT2D eigenvalue weighted by Crippen LogP contribution is -1.91. The van der Waals surface area contributed by atoms with Gasteiger partial charge in [0.1, 0.15) is 0 Å². The summed E-state index contributed by atoms with van der Waals surface area (Å²) in [4.78, 5) is 0. The topological polar surface area (TPSA) is 0 Å². The lowest BCUT2D eigenvalue weighted by molar-refractivity contribution is 1.56. The van der Waals surface area contributed by atoms with Gasteiger partial charge in [-0.05, 0) is 16.7 Å². The first-order valence-electron chi connectivity index (χ1n) is 5.83. The normalized spacial score (nSPS) is 10.5. The molecule has 5 heteroatoms. The van der Waals surface area contributed by atoms with Crippen molar-refractivity contribution < 1.29 is 0 Å². The largest absolute Gasteiger partial charge is 0.0984 e. The number of rotatable bonds is 3. The van der Waals surface area contributed by atoms with E-state index in [4.69, 9.17) is 58.0 Å². The highest BCUT2D eigenvalue weighted by Gasteiger charge is 2.22. The standard InChI is InChI=1S/C16H9Cl5/c1-3-8-6-5-7-10(9(8)4-2)11-12(17)14(19)16(21)15(20)13(11)18/h3-7H,1-2H2. The molecular weight excluding hydrogens is 369 g/mol. The zero-order chi connectivity index (χ0) is 15.7. The molecule has 108 valence electrons. The molecule has 0 aliphatic heterocycles. The fourth-order valence-electron chi connectivity index (χ4n) is 2.05. The van der Waals surface area contributed by atoms with Gasteiger partial charge in [-0.15, -0.1) is 0 Å². The molecule has 0 amide bonds. The Balaban J connectivity index is 2.92. The van der Waals surface area contributed by atoms with Gasteiger partial charge in [0.15, 0.2) is 0 Å². The fraction of sp³-hybridized carbons (Fsp3) is 0. The smallest absolute Gasteiger partial charge is 0.0809 e. The number of halogens is 5. The van der Waals surface area contributed by atoms with Crippen molar-refractivity contribution in [2.75, 3.05) is 0 Å². The van der Waals surface area contributed by atoms with Crippen LogP contribution >= 0.6 is 58.0 Å². The summed E-state index contributed by atoms with van der Waals surface area (Å²) in [7, 11) is 0. The Morgan fingerprint density at radius 2 is 1.24 bits per heavy atom. The second-order valence-electron chi connectivity index (χ2n) is 4.16. The van der Waals surface area contributed by atoms with Gasteiger partial charge in [0.05, 0.1) is 25.1 Å². The highest BCUT2D eigenvalue weighted by Crippen LogP contribution is 2.49. The molecule has 0 saturated heterocycles. The lowest BCUT2D eigenvalue weighted by atomic mass is 9.95. The van der Waals surface area contributed by atoms with Crippen LogP contribution in [0.15, 0.2) is 31.4 Å². The molecule has 2 rings (SSSR count).